The Balaban J connectivity index is 2.04. The van der Waals surface area contributed by atoms with Crippen LogP contribution in [0.2, 0.25) is 0 Å². The summed E-state index contributed by atoms with van der Waals surface area (Å²) in [6, 6.07) is 3.33. The first-order valence-corrected chi connectivity index (χ1v) is 5.09. The van der Waals surface area contributed by atoms with Crippen LogP contribution in [0.1, 0.15) is 23.4 Å². The summed E-state index contributed by atoms with van der Waals surface area (Å²) in [5.74, 6) is 0.214. The first-order chi connectivity index (χ1) is 7.31. The fraction of sp³-hybridized carbons (Fsp3) is 0.455. The zero-order valence-electron chi connectivity index (χ0n) is 8.39. The van der Waals surface area contributed by atoms with Gasteiger partial charge in [0.25, 0.3) is 5.91 Å². The van der Waals surface area contributed by atoms with Crippen molar-refractivity contribution >= 4 is 12.2 Å². The summed E-state index contributed by atoms with van der Waals surface area (Å²) in [4.78, 5) is 24.2. The molecule has 1 atom stereocenters. The molecule has 15 heavy (non-hydrogen) atoms. The van der Waals surface area contributed by atoms with Gasteiger partial charge in [0.1, 0.15) is 6.29 Å². The Bertz CT molecular complexity index is 345. The summed E-state index contributed by atoms with van der Waals surface area (Å²) < 4.78 is 5.04. The van der Waals surface area contributed by atoms with Gasteiger partial charge in [0.2, 0.25) is 0 Å². The van der Waals surface area contributed by atoms with Gasteiger partial charge in [-0.15, -0.1) is 0 Å². The van der Waals surface area contributed by atoms with Gasteiger partial charge in [-0.3, -0.25) is 4.79 Å². The minimum absolute atomic E-state index is 0.0161. The van der Waals surface area contributed by atoms with Crippen molar-refractivity contribution in [3.8, 4) is 0 Å². The van der Waals surface area contributed by atoms with Gasteiger partial charge in [-0.05, 0) is 25.0 Å². The van der Waals surface area contributed by atoms with Crippen molar-refractivity contribution in [1.82, 2.24) is 4.90 Å². The second-order valence-corrected chi connectivity index (χ2v) is 3.77. The van der Waals surface area contributed by atoms with Crippen molar-refractivity contribution in [2.24, 2.45) is 5.92 Å². The summed E-state index contributed by atoms with van der Waals surface area (Å²) in [6.45, 7) is 1.23. The molecule has 0 bridgehead atoms. The summed E-state index contributed by atoms with van der Waals surface area (Å²) in [5.41, 5.74) is 0. The zero-order chi connectivity index (χ0) is 10.7. The maximum Gasteiger partial charge on any atom is 0.289 e. The molecule has 1 aromatic heterocycles. The van der Waals surface area contributed by atoms with E-state index in [1.165, 1.54) is 6.26 Å². The second-order valence-electron chi connectivity index (χ2n) is 3.77. The van der Waals surface area contributed by atoms with E-state index >= 15 is 0 Å². The van der Waals surface area contributed by atoms with Gasteiger partial charge in [0.05, 0.1) is 6.26 Å². The number of piperidine rings is 1. The van der Waals surface area contributed by atoms with E-state index in [4.69, 9.17) is 4.42 Å². The number of carbonyl (C=O) groups excluding carboxylic acids is 2. The first kappa shape index (κ1) is 9.96. The molecule has 0 spiro atoms. The molecule has 4 nitrogen and oxygen atoms in total. The monoisotopic (exact) mass is 207 g/mol. The van der Waals surface area contributed by atoms with Gasteiger partial charge >= 0.3 is 0 Å². The van der Waals surface area contributed by atoms with Crippen LogP contribution < -0.4 is 0 Å². The Morgan fingerprint density at radius 1 is 1.60 bits per heavy atom. The lowest BCUT2D eigenvalue weighted by Gasteiger charge is -2.29. The normalized spacial score (nSPS) is 21.3. The lowest BCUT2D eigenvalue weighted by molar-refractivity contribution is -0.112. The maximum absolute atomic E-state index is 11.8. The fourth-order valence-corrected chi connectivity index (χ4v) is 1.86. The number of amides is 1. The molecule has 1 aliphatic rings. The molecule has 2 heterocycles. The van der Waals surface area contributed by atoms with Crippen molar-refractivity contribution in [2.75, 3.05) is 13.1 Å². The molecule has 0 aromatic carbocycles. The van der Waals surface area contributed by atoms with E-state index in [-0.39, 0.29) is 11.8 Å². The molecule has 0 saturated carbocycles. The minimum Gasteiger partial charge on any atom is -0.459 e. The SMILES string of the molecule is O=CC1CCCN(C(=O)c2ccco2)C1. The molecular weight excluding hydrogens is 194 g/mol. The Kier molecular flexibility index (Phi) is 2.85. The number of likely N-dealkylation sites (tertiary alicyclic amines) is 1. The molecule has 0 N–H and O–H groups in total. The number of rotatable bonds is 2. The summed E-state index contributed by atoms with van der Waals surface area (Å²) in [7, 11) is 0. The van der Waals surface area contributed by atoms with E-state index in [0.717, 1.165) is 19.1 Å². The van der Waals surface area contributed by atoms with E-state index < -0.39 is 0 Å². The topological polar surface area (TPSA) is 50.5 Å². The van der Waals surface area contributed by atoms with Gasteiger partial charge in [0.15, 0.2) is 5.76 Å². The smallest absolute Gasteiger partial charge is 0.289 e. The van der Waals surface area contributed by atoms with Crippen LogP contribution in [0.15, 0.2) is 22.8 Å². The molecule has 1 aromatic rings. The van der Waals surface area contributed by atoms with Crippen molar-refractivity contribution in [1.29, 1.82) is 0 Å². The van der Waals surface area contributed by atoms with Crippen LogP contribution in [0, 0.1) is 5.92 Å². The largest absolute Gasteiger partial charge is 0.459 e. The van der Waals surface area contributed by atoms with E-state index in [1.54, 1.807) is 17.0 Å². The number of carbonyl (C=O) groups is 2. The average Bonchev–Trinajstić information content (AvgIpc) is 2.81. The second kappa shape index (κ2) is 4.29. The Labute approximate surface area is 87.9 Å². The van der Waals surface area contributed by atoms with Gasteiger partial charge in [-0.1, -0.05) is 0 Å². The highest BCUT2D eigenvalue weighted by Crippen LogP contribution is 2.17. The summed E-state index contributed by atoms with van der Waals surface area (Å²) in [5, 5.41) is 0. The van der Waals surface area contributed by atoms with Crippen LogP contribution in [0.25, 0.3) is 0 Å². The molecule has 1 amide bonds. The van der Waals surface area contributed by atoms with Gasteiger partial charge in [-0.25, -0.2) is 0 Å². The third-order valence-electron chi connectivity index (χ3n) is 2.67. The average molecular weight is 207 g/mol. The number of nitrogens with zero attached hydrogens (tertiary/aromatic N) is 1. The van der Waals surface area contributed by atoms with E-state index in [2.05, 4.69) is 0 Å². The highest BCUT2D eigenvalue weighted by atomic mass is 16.3. The molecule has 1 saturated heterocycles. The Morgan fingerprint density at radius 2 is 2.47 bits per heavy atom. The quantitative estimate of drug-likeness (QED) is 0.687. The zero-order valence-corrected chi connectivity index (χ0v) is 8.39. The van der Waals surface area contributed by atoms with Crippen LogP contribution in [0.4, 0.5) is 0 Å². The van der Waals surface area contributed by atoms with Crippen LogP contribution in [-0.2, 0) is 4.79 Å². The first-order valence-electron chi connectivity index (χ1n) is 5.09. The van der Waals surface area contributed by atoms with Gasteiger partial charge in [0, 0.05) is 19.0 Å². The molecule has 1 aliphatic heterocycles. The number of aldehydes is 1. The summed E-state index contributed by atoms with van der Waals surface area (Å²) >= 11 is 0. The van der Waals surface area contributed by atoms with E-state index in [0.29, 0.717) is 18.8 Å². The van der Waals surface area contributed by atoms with Crippen LogP contribution in [-0.4, -0.2) is 30.2 Å². The predicted octanol–water partition coefficient (Wildman–Crippen LogP) is 1.33. The fourth-order valence-electron chi connectivity index (χ4n) is 1.86. The van der Waals surface area contributed by atoms with Crippen LogP contribution in [0.5, 0.6) is 0 Å². The van der Waals surface area contributed by atoms with Crippen LogP contribution >= 0.6 is 0 Å². The Hall–Kier alpha value is -1.58. The molecule has 2 rings (SSSR count). The van der Waals surface area contributed by atoms with E-state index in [1.807, 2.05) is 0 Å². The van der Waals surface area contributed by atoms with Crippen molar-refractivity contribution in [3.05, 3.63) is 24.2 Å². The highest BCUT2D eigenvalue weighted by molar-refractivity contribution is 5.91. The number of furan rings is 1. The molecule has 4 heteroatoms. The van der Waals surface area contributed by atoms with Crippen molar-refractivity contribution in [2.45, 2.75) is 12.8 Å². The van der Waals surface area contributed by atoms with Crippen molar-refractivity contribution in [3.63, 3.8) is 0 Å². The molecule has 1 fully saturated rings. The lowest BCUT2D eigenvalue weighted by Crippen LogP contribution is -2.40. The highest BCUT2D eigenvalue weighted by Gasteiger charge is 2.25. The summed E-state index contributed by atoms with van der Waals surface area (Å²) in [6.07, 6.45) is 4.18. The molecule has 0 radical (unpaired) electrons. The molecular formula is C11H13NO3. The Morgan fingerprint density at radius 3 is 3.13 bits per heavy atom. The van der Waals surface area contributed by atoms with Crippen LogP contribution in [0.3, 0.4) is 0 Å². The lowest BCUT2D eigenvalue weighted by atomic mass is 9.99. The standard InChI is InChI=1S/C11H13NO3/c13-8-9-3-1-5-12(7-9)11(14)10-4-2-6-15-10/h2,4,6,8-9H,1,3,5,7H2. The maximum atomic E-state index is 11.8. The molecule has 0 aliphatic carbocycles. The van der Waals surface area contributed by atoms with Gasteiger partial charge < -0.3 is 14.1 Å². The predicted molar refractivity (Wildman–Crippen MR) is 53.4 cm³/mol. The number of hydrogen-bond donors (Lipinski definition) is 0. The molecule has 80 valence electrons. The number of hydrogen-bond acceptors (Lipinski definition) is 3. The third kappa shape index (κ3) is 2.09. The minimum atomic E-state index is -0.119. The molecule has 1 unspecified atom stereocenters. The van der Waals surface area contributed by atoms with Crippen molar-refractivity contribution < 1.29 is 14.0 Å². The van der Waals surface area contributed by atoms with Gasteiger partial charge in [-0.2, -0.15) is 0 Å². The third-order valence-corrected chi connectivity index (χ3v) is 2.67. The van der Waals surface area contributed by atoms with E-state index in [9.17, 15) is 9.59 Å².